The Kier molecular flexibility index (Phi) is 5.86. The van der Waals surface area contributed by atoms with Gasteiger partial charge in [-0.25, -0.2) is 0 Å². The van der Waals surface area contributed by atoms with E-state index in [9.17, 15) is 22.8 Å². The Bertz CT molecular complexity index is 815. The minimum absolute atomic E-state index is 0.0725. The summed E-state index contributed by atoms with van der Waals surface area (Å²) in [4.78, 5) is 23.2. The molecule has 5 nitrogen and oxygen atoms in total. The fraction of sp³-hybridized carbons (Fsp3) is 0.222. The number of ketones is 1. The van der Waals surface area contributed by atoms with E-state index in [1.54, 1.807) is 0 Å². The molecule has 2 aromatic carbocycles. The molecule has 2 aromatic rings. The summed E-state index contributed by atoms with van der Waals surface area (Å²) in [5.74, 6) is -0.775. The summed E-state index contributed by atoms with van der Waals surface area (Å²) in [7, 11) is 1.34. The van der Waals surface area contributed by atoms with E-state index in [-0.39, 0.29) is 22.8 Å². The molecule has 138 valence electrons. The van der Waals surface area contributed by atoms with E-state index in [0.717, 1.165) is 12.1 Å². The van der Waals surface area contributed by atoms with Gasteiger partial charge in [-0.1, -0.05) is 6.07 Å². The lowest BCUT2D eigenvalue weighted by atomic mass is 10.1. The number of esters is 1. The van der Waals surface area contributed by atoms with E-state index in [2.05, 4.69) is 0 Å². The van der Waals surface area contributed by atoms with Gasteiger partial charge in [0, 0.05) is 12.5 Å². The quantitative estimate of drug-likeness (QED) is 0.440. The summed E-state index contributed by atoms with van der Waals surface area (Å²) in [5, 5.41) is 0. The number of halogens is 3. The Labute approximate surface area is 147 Å². The molecule has 0 aliphatic carbocycles. The van der Waals surface area contributed by atoms with E-state index in [1.165, 1.54) is 44.4 Å². The van der Waals surface area contributed by atoms with Crippen molar-refractivity contribution in [1.29, 1.82) is 0 Å². The Hall–Kier alpha value is -3.03. The molecule has 0 aliphatic heterocycles. The highest BCUT2D eigenvalue weighted by Crippen LogP contribution is 2.31. The van der Waals surface area contributed by atoms with Gasteiger partial charge in [-0.2, -0.15) is 13.2 Å². The zero-order valence-electron chi connectivity index (χ0n) is 13.9. The number of rotatable bonds is 6. The molecule has 0 unspecified atom stereocenters. The minimum Gasteiger partial charge on any atom is -0.493 e. The molecule has 0 amide bonds. The summed E-state index contributed by atoms with van der Waals surface area (Å²) in [6, 6.07) is 8.39. The first-order valence-electron chi connectivity index (χ1n) is 7.40. The van der Waals surface area contributed by atoms with Crippen LogP contribution in [0.5, 0.6) is 17.2 Å². The highest BCUT2D eigenvalue weighted by atomic mass is 19.4. The first kappa shape index (κ1) is 19.3. The molecule has 0 fully saturated rings. The average molecular weight is 368 g/mol. The lowest BCUT2D eigenvalue weighted by molar-refractivity contribution is -0.137. The zero-order valence-corrected chi connectivity index (χ0v) is 13.9. The molecule has 8 heteroatoms. The number of hydrogen-bond donors (Lipinski definition) is 0. The van der Waals surface area contributed by atoms with Gasteiger partial charge in [0.2, 0.25) is 0 Å². The number of benzene rings is 2. The molecular formula is C18H15F3O5. The predicted molar refractivity (Wildman–Crippen MR) is 85.6 cm³/mol. The molecule has 2 rings (SSSR count). The van der Waals surface area contributed by atoms with Crippen LogP contribution in [0, 0.1) is 0 Å². The third-order valence-electron chi connectivity index (χ3n) is 3.27. The van der Waals surface area contributed by atoms with Crippen molar-refractivity contribution in [1.82, 2.24) is 0 Å². The van der Waals surface area contributed by atoms with Crippen molar-refractivity contribution >= 4 is 11.8 Å². The fourth-order valence-electron chi connectivity index (χ4n) is 2.07. The van der Waals surface area contributed by atoms with Gasteiger partial charge in [-0.3, -0.25) is 9.59 Å². The maximum Gasteiger partial charge on any atom is 0.416 e. The molecule has 0 bridgehead atoms. The average Bonchev–Trinajstić information content (AvgIpc) is 2.59. The van der Waals surface area contributed by atoms with Crippen LogP contribution in [0.3, 0.4) is 0 Å². The smallest absolute Gasteiger partial charge is 0.416 e. The second-order valence-corrected chi connectivity index (χ2v) is 5.20. The molecule has 0 N–H and O–H groups in total. The van der Waals surface area contributed by atoms with Crippen LogP contribution in [0.2, 0.25) is 0 Å². The number of methoxy groups -OCH3 is 1. The maximum absolute atomic E-state index is 12.7. The zero-order chi connectivity index (χ0) is 19.3. The van der Waals surface area contributed by atoms with Crippen LogP contribution >= 0.6 is 0 Å². The maximum atomic E-state index is 12.7. The summed E-state index contributed by atoms with van der Waals surface area (Å²) in [6.07, 6.45) is -4.50. The molecule has 0 atom stereocenters. The lowest BCUT2D eigenvalue weighted by Crippen LogP contribution is -2.13. The molecule has 0 heterocycles. The second kappa shape index (κ2) is 7.90. The first-order valence-corrected chi connectivity index (χ1v) is 7.40. The summed E-state index contributed by atoms with van der Waals surface area (Å²) in [6.45, 7) is 0.763. The molecule has 0 radical (unpaired) electrons. The van der Waals surface area contributed by atoms with Gasteiger partial charge in [-0.15, -0.1) is 0 Å². The van der Waals surface area contributed by atoms with E-state index in [0.29, 0.717) is 0 Å². The van der Waals surface area contributed by atoms with Gasteiger partial charge in [0.25, 0.3) is 0 Å². The molecular weight excluding hydrogens is 353 g/mol. The van der Waals surface area contributed by atoms with Crippen molar-refractivity contribution < 1.29 is 37.0 Å². The molecule has 0 saturated heterocycles. The van der Waals surface area contributed by atoms with Gasteiger partial charge in [0.1, 0.15) is 5.75 Å². The van der Waals surface area contributed by atoms with Crippen LogP contribution in [0.4, 0.5) is 13.2 Å². The third kappa shape index (κ3) is 4.98. The molecule has 0 aromatic heterocycles. The van der Waals surface area contributed by atoms with Crippen molar-refractivity contribution in [3.05, 3.63) is 53.6 Å². The number of carbonyl (C=O) groups is 2. The fourth-order valence-corrected chi connectivity index (χ4v) is 2.07. The van der Waals surface area contributed by atoms with Crippen molar-refractivity contribution in [3.63, 3.8) is 0 Å². The van der Waals surface area contributed by atoms with Crippen LogP contribution in [0.25, 0.3) is 0 Å². The minimum atomic E-state index is -4.50. The number of alkyl halides is 3. The van der Waals surface area contributed by atoms with Gasteiger partial charge in [0.15, 0.2) is 23.9 Å². The Balaban J connectivity index is 2.10. The van der Waals surface area contributed by atoms with Crippen LogP contribution in [-0.2, 0) is 11.0 Å². The highest BCUT2D eigenvalue weighted by molar-refractivity contribution is 5.98. The predicted octanol–water partition coefficient (Wildman–Crippen LogP) is 3.90. The second-order valence-electron chi connectivity index (χ2n) is 5.20. The number of ether oxygens (including phenoxy) is 3. The standard InChI is InChI=1S/C18H15F3O5/c1-11(22)26-16-7-6-12(8-17(16)24-2)15(23)10-25-14-5-3-4-13(9-14)18(19,20)21/h3-9H,10H2,1-2H3. The topological polar surface area (TPSA) is 61.8 Å². The molecule has 0 spiro atoms. The Morgan fingerprint density at radius 1 is 1.04 bits per heavy atom. The molecule has 0 aliphatic rings. The summed E-state index contributed by atoms with van der Waals surface area (Å²) < 4.78 is 53.2. The van der Waals surface area contributed by atoms with Crippen molar-refractivity contribution in [2.24, 2.45) is 0 Å². The van der Waals surface area contributed by atoms with Gasteiger partial charge in [0.05, 0.1) is 12.7 Å². The van der Waals surface area contributed by atoms with E-state index in [4.69, 9.17) is 14.2 Å². The van der Waals surface area contributed by atoms with Gasteiger partial charge in [-0.05, 0) is 36.4 Å². The van der Waals surface area contributed by atoms with Crippen molar-refractivity contribution in [2.75, 3.05) is 13.7 Å². The lowest BCUT2D eigenvalue weighted by Gasteiger charge is -2.11. The van der Waals surface area contributed by atoms with E-state index < -0.39 is 30.1 Å². The largest absolute Gasteiger partial charge is 0.493 e. The monoisotopic (exact) mass is 368 g/mol. The Morgan fingerprint density at radius 3 is 2.38 bits per heavy atom. The van der Waals surface area contributed by atoms with Crippen molar-refractivity contribution in [2.45, 2.75) is 13.1 Å². The van der Waals surface area contributed by atoms with Crippen LogP contribution < -0.4 is 14.2 Å². The normalized spacial score (nSPS) is 11.0. The highest BCUT2D eigenvalue weighted by Gasteiger charge is 2.30. The van der Waals surface area contributed by atoms with E-state index >= 15 is 0 Å². The third-order valence-corrected chi connectivity index (χ3v) is 3.27. The number of hydrogen-bond acceptors (Lipinski definition) is 5. The van der Waals surface area contributed by atoms with Crippen LogP contribution in [-0.4, -0.2) is 25.5 Å². The number of carbonyl (C=O) groups excluding carboxylic acids is 2. The van der Waals surface area contributed by atoms with Crippen LogP contribution in [0.1, 0.15) is 22.8 Å². The Morgan fingerprint density at radius 2 is 1.77 bits per heavy atom. The van der Waals surface area contributed by atoms with Gasteiger partial charge < -0.3 is 14.2 Å². The SMILES string of the molecule is COc1cc(C(=O)COc2cccc(C(F)(F)F)c2)ccc1OC(C)=O. The first-order chi connectivity index (χ1) is 12.2. The molecule has 26 heavy (non-hydrogen) atoms. The van der Waals surface area contributed by atoms with Crippen LogP contribution in [0.15, 0.2) is 42.5 Å². The number of Topliss-reactive ketones (excluding diaryl/α,β-unsaturated/α-hetero) is 1. The van der Waals surface area contributed by atoms with Crippen molar-refractivity contribution in [3.8, 4) is 17.2 Å². The van der Waals surface area contributed by atoms with E-state index in [1.807, 2.05) is 0 Å². The van der Waals surface area contributed by atoms with Gasteiger partial charge >= 0.3 is 12.1 Å². The summed E-state index contributed by atoms with van der Waals surface area (Å²) >= 11 is 0. The summed E-state index contributed by atoms with van der Waals surface area (Å²) in [5.41, 5.74) is -0.667. The molecule has 0 saturated carbocycles.